The van der Waals surface area contributed by atoms with Crippen LogP contribution < -0.4 is 15.8 Å². The molecule has 0 heterocycles. The van der Waals surface area contributed by atoms with Gasteiger partial charge in [-0.3, -0.25) is 4.79 Å². The highest BCUT2D eigenvalue weighted by Crippen LogP contribution is 2.31. The highest BCUT2D eigenvalue weighted by atomic mass is 16.5. The van der Waals surface area contributed by atoms with Crippen molar-refractivity contribution in [2.24, 2.45) is 11.7 Å². The van der Waals surface area contributed by atoms with Crippen LogP contribution in [0.4, 0.5) is 0 Å². The second kappa shape index (κ2) is 8.17. The van der Waals surface area contributed by atoms with Crippen LogP contribution in [-0.4, -0.2) is 19.1 Å². The third kappa shape index (κ3) is 4.20. The summed E-state index contributed by atoms with van der Waals surface area (Å²) < 4.78 is 5.51. The molecule has 2 aromatic carbocycles. The zero-order valence-corrected chi connectivity index (χ0v) is 14.7. The van der Waals surface area contributed by atoms with Crippen molar-refractivity contribution < 1.29 is 9.53 Å². The Labute approximate surface area is 149 Å². The molecule has 0 bridgehead atoms. The zero-order valence-electron chi connectivity index (χ0n) is 14.7. The van der Waals surface area contributed by atoms with Crippen molar-refractivity contribution in [3.8, 4) is 5.75 Å². The summed E-state index contributed by atoms with van der Waals surface area (Å²) in [4.78, 5) is 12.7. The van der Waals surface area contributed by atoms with E-state index in [1.807, 2.05) is 54.6 Å². The predicted octanol–water partition coefficient (Wildman–Crippen LogP) is 3.42. The van der Waals surface area contributed by atoms with Gasteiger partial charge in [0.25, 0.3) is 0 Å². The van der Waals surface area contributed by atoms with E-state index in [-0.39, 0.29) is 23.9 Å². The lowest BCUT2D eigenvalue weighted by Gasteiger charge is -2.23. The SMILES string of the molecule is COc1ccccc1C(NC(=O)C[C@@H]1CCC[C@H]1N)c1ccccc1. The van der Waals surface area contributed by atoms with E-state index in [1.165, 1.54) is 0 Å². The first kappa shape index (κ1) is 17.5. The standard InChI is InChI=1S/C21H26N2O2/c1-25-19-13-6-5-11-17(19)21(15-8-3-2-4-9-15)23-20(24)14-16-10-7-12-18(16)22/h2-6,8-9,11,13,16,18,21H,7,10,12,14,22H2,1H3,(H,23,24)/t16-,18+,21?/m0/s1. The first-order chi connectivity index (χ1) is 12.2. The predicted molar refractivity (Wildman–Crippen MR) is 99.4 cm³/mol. The Morgan fingerprint density at radius 2 is 1.88 bits per heavy atom. The number of carbonyl (C=O) groups excluding carboxylic acids is 1. The van der Waals surface area contributed by atoms with Crippen LogP contribution in [0.25, 0.3) is 0 Å². The molecule has 1 amide bonds. The number of methoxy groups -OCH3 is 1. The van der Waals surface area contributed by atoms with Crippen LogP contribution in [0.3, 0.4) is 0 Å². The molecule has 1 fully saturated rings. The summed E-state index contributed by atoms with van der Waals surface area (Å²) in [6.45, 7) is 0. The van der Waals surface area contributed by atoms with E-state index in [9.17, 15) is 4.79 Å². The lowest BCUT2D eigenvalue weighted by atomic mass is 9.96. The molecule has 0 saturated heterocycles. The number of hydrogen-bond acceptors (Lipinski definition) is 3. The Bertz CT molecular complexity index is 702. The number of ether oxygens (including phenoxy) is 1. The molecular weight excluding hydrogens is 312 g/mol. The zero-order chi connectivity index (χ0) is 17.6. The molecule has 1 aliphatic carbocycles. The van der Waals surface area contributed by atoms with Crippen LogP contribution in [0.15, 0.2) is 54.6 Å². The van der Waals surface area contributed by atoms with Crippen LogP contribution in [-0.2, 0) is 4.79 Å². The second-order valence-electron chi connectivity index (χ2n) is 6.71. The van der Waals surface area contributed by atoms with Crippen LogP contribution in [0.1, 0.15) is 42.9 Å². The number of carbonyl (C=O) groups is 1. The van der Waals surface area contributed by atoms with E-state index < -0.39 is 0 Å². The Hall–Kier alpha value is -2.33. The molecule has 0 spiro atoms. The highest BCUT2D eigenvalue weighted by Gasteiger charge is 2.28. The van der Waals surface area contributed by atoms with Crippen LogP contribution in [0, 0.1) is 5.92 Å². The maximum absolute atomic E-state index is 12.7. The molecule has 2 aromatic rings. The molecule has 1 saturated carbocycles. The van der Waals surface area contributed by atoms with Gasteiger partial charge < -0.3 is 15.8 Å². The Kier molecular flexibility index (Phi) is 5.71. The summed E-state index contributed by atoms with van der Waals surface area (Å²) in [7, 11) is 1.65. The van der Waals surface area contributed by atoms with E-state index in [4.69, 9.17) is 10.5 Å². The van der Waals surface area contributed by atoms with Crippen molar-refractivity contribution in [2.75, 3.05) is 7.11 Å². The fourth-order valence-electron chi connectivity index (χ4n) is 3.67. The molecule has 4 heteroatoms. The summed E-state index contributed by atoms with van der Waals surface area (Å²) in [5, 5.41) is 3.20. The number of nitrogens with one attached hydrogen (secondary N) is 1. The summed E-state index contributed by atoms with van der Waals surface area (Å²) in [6.07, 6.45) is 3.67. The number of rotatable bonds is 6. The molecule has 3 N–H and O–H groups in total. The minimum absolute atomic E-state index is 0.0436. The van der Waals surface area contributed by atoms with Gasteiger partial charge in [-0.2, -0.15) is 0 Å². The molecule has 0 aromatic heterocycles. The van der Waals surface area contributed by atoms with Gasteiger partial charge in [0.1, 0.15) is 5.75 Å². The summed E-state index contributed by atoms with van der Waals surface area (Å²) in [5.74, 6) is 1.10. The summed E-state index contributed by atoms with van der Waals surface area (Å²) >= 11 is 0. The van der Waals surface area contributed by atoms with E-state index in [0.717, 1.165) is 36.1 Å². The van der Waals surface area contributed by atoms with Crippen molar-refractivity contribution in [2.45, 2.75) is 37.8 Å². The lowest BCUT2D eigenvalue weighted by Crippen LogP contribution is -2.34. The van der Waals surface area contributed by atoms with Gasteiger partial charge in [-0.25, -0.2) is 0 Å². The fourth-order valence-corrected chi connectivity index (χ4v) is 3.67. The van der Waals surface area contributed by atoms with Gasteiger partial charge in [0.05, 0.1) is 13.2 Å². The maximum Gasteiger partial charge on any atom is 0.221 e. The molecule has 25 heavy (non-hydrogen) atoms. The molecule has 3 atom stereocenters. The number of hydrogen-bond donors (Lipinski definition) is 2. The highest BCUT2D eigenvalue weighted by molar-refractivity contribution is 5.77. The monoisotopic (exact) mass is 338 g/mol. The average molecular weight is 338 g/mol. The Morgan fingerprint density at radius 1 is 1.16 bits per heavy atom. The fraction of sp³-hybridized carbons (Fsp3) is 0.381. The quantitative estimate of drug-likeness (QED) is 0.848. The van der Waals surface area contributed by atoms with Crippen molar-refractivity contribution in [3.63, 3.8) is 0 Å². The van der Waals surface area contributed by atoms with Crippen molar-refractivity contribution in [1.82, 2.24) is 5.32 Å². The van der Waals surface area contributed by atoms with Crippen LogP contribution in [0.5, 0.6) is 5.75 Å². The Balaban J connectivity index is 1.83. The van der Waals surface area contributed by atoms with Gasteiger partial charge in [-0.15, -0.1) is 0 Å². The first-order valence-electron chi connectivity index (χ1n) is 8.92. The van der Waals surface area contributed by atoms with Crippen molar-refractivity contribution in [1.29, 1.82) is 0 Å². The van der Waals surface area contributed by atoms with E-state index in [1.54, 1.807) is 7.11 Å². The topological polar surface area (TPSA) is 64.3 Å². The molecule has 132 valence electrons. The van der Waals surface area contributed by atoms with Crippen molar-refractivity contribution >= 4 is 5.91 Å². The van der Waals surface area contributed by atoms with Gasteiger partial charge >= 0.3 is 0 Å². The smallest absolute Gasteiger partial charge is 0.221 e. The minimum atomic E-state index is -0.234. The number of benzene rings is 2. The third-order valence-electron chi connectivity index (χ3n) is 5.05. The number of amides is 1. The largest absolute Gasteiger partial charge is 0.496 e. The molecule has 0 radical (unpaired) electrons. The molecular formula is C21H26N2O2. The van der Waals surface area contributed by atoms with Gasteiger partial charge in [0, 0.05) is 18.0 Å². The van der Waals surface area contributed by atoms with Gasteiger partial charge in [0.15, 0.2) is 0 Å². The summed E-state index contributed by atoms with van der Waals surface area (Å²) in [6, 6.07) is 17.7. The second-order valence-corrected chi connectivity index (χ2v) is 6.71. The molecule has 1 unspecified atom stereocenters. The molecule has 3 rings (SSSR count). The number of nitrogens with two attached hydrogens (primary N) is 1. The van der Waals surface area contributed by atoms with E-state index >= 15 is 0 Å². The molecule has 1 aliphatic rings. The van der Waals surface area contributed by atoms with Crippen LogP contribution >= 0.6 is 0 Å². The van der Waals surface area contributed by atoms with Gasteiger partial charge in [-0.1, -0.05) is 55.0 Å². The minimum Gasteiger partial charge on any atom is -0.496 e. The molecule has 4 nitrogen and oxygen atoms in total. The Morgan fingerprint density at radius 3 is 2.56 bits per heavy atom. The van der Waals surface area contributed by atoms with E-state index in [2.05, 4.69) is 5.32 Å². The van der Waals surface area contributed by atoms with Crippen molar-refractivity contribution in [3.05, 3.63) is 65.7 Å². The lowest BCUT2D eigenvalue weighted by molar-refractivity contribution is -0.122. The van der Waals surface area contributed by atoms with E-state index in [0.29, 0.717) is 6.42 Å². The maximum atomic E-state index is 12.7. The van der Waals surface area contributed by atoms with Gasteiger partial charge in [0.2, 0.25) is 5.91 Å². The normalized spacial score (nSPS) is 20.9. The van der Waals surface area contributed by atoms with Crippen LogP contribution in [0.2, 0.25) is 0 Å². The summed E-state index contributed by atoms with van der Waals surface area (Å²) in [5.41, 5.74) is 8.12. The number of para-hydroxylation sites is 1. The molecule has 0 aliphatic heterocycles. The third-order valence-corrected chi connectivity index (χ3v) is 5.05. The first-order valence-corrected chi connectivity index (χ1v) is 8.92. The average Bonchev–Trinajstić information content (AvgIpc) is 3.05. The van der Waals surface area contributed by atoms with Gasteiger partial charge in [-0.05, 0) is 30.4 Å².